The SMILES string of the molecule is CCCn1c(Cl)nc2nc(-c3cnn(Cc4cccc(C(F)(F)F)c4)c3)n(COC(=O)C(C)(C)C)c2c1=O. The van der Waals surface area contributed by atoms with Gasteiger partial charge in [0.05, 0.1) is 29.3 Å². The Kier molecular flexibility index (Phi) is 7.37. The summed E-state index contributed by atoms with van der Waals surface area (Å²) in [5, 5.41) is 4.24. The molecule has 202 valence electrons. The maximum absolute atomic E-state index is 13.3. The molecule has 0 atom stereocenters. The lowest BCUT2D eigenvalue weighted by Gasteiger charge is -2.17. The van der Waals surface area contributed by atoms with Gasteiger partial charge in [-0.25, -0.2) is 4.98 Å². The van der Waals surface area contributed by atoms with Crippen molar-refractivity contribution in [3.8, 4) is 11.4 Å². The summed E-state index contributed by atoms with van der Waals surface area (Å²) in [6, 6.07) is 4.97. The van der Waals surface area contributed by atoms with Gasteiger partial charge in [-0.15, -0.1) is 0 Å². The number of ether oxygens (including phenoxy) is 1. The van der Waals surface area contributed by atoms with Crippen molar-refractivity contribution in [2.45, 2.75) is 60.1 Å². The van der Waals surface area contributed by atoms with Gasteiger partial charge in [-0.1, -0.05) is 19.1 Å². The van der Waals surface area contributed by atoms with E-state index in [1.807, 2.05) is 6.92 Å². The van der Waals surface area contributed by atoms with Crippen LogP contribution in [0.5, 0.6) is 0 Å². The maximum atomic E-state index is 13.3. The first-order valence-electron chi connectivity index (χ1n) is 11.8. The van der Waals surface area contributed by atoms with Crippen molar-refractivity contribution in [3.63, 3.8) is 0 Å². The van der Waals surface area contributed by atoms with E-state index in [4.69, 9.17) is 16.3 Å². The van der Waals surface area contributed by atoms with Crippen molar-refractivity contribution in [2.24, 2.45) is 5.41 Å². The zero-order valence-corrected chi connectivity index (χ0v) is 22.0. The van der Waals surface area contributed by atoms with Crippen molar-refractivity contribution < 1.29 is 22.7 Å². The number of benzene rings is 1. The highest BCUT2D eigenvalue weighted by Gasteiger charge is 2.30. The monoisotopic (exact) mass is 550 g/mol. The number of imidazole rings is 1. The number of aromatic nitrogens is 6. The highest BCUT2D eigenvalue weighted by Crippen LogP contribution is 2.30. The number of carbonyl (C=O) groups excluding carboxylic acids is 1. The van der Waals surface area contributed by atoms with Crippen molar-refractivity contribution in [2.75, 3.05) is 0 Å². The van der Waals surface area contributed by atoms with E-state index in [-0.39, 0.29) is 35.5 Å². The van der Waals surface area contributed by atoms with Crippen LogP contribution in [0.3, 0.4) is 0 Å². The van der Waals surface area contributed by atoms with E-state index in [1.165, 1.54) is 26.1 Å². The molecule has 0 fully saturated rings. The first-order valence-corrected chi connectivity index (χ1v) is 12.2. The van der Waals surface area contributed by atoms with Crippen LogP contribution < -0.4 is 5.56 Å². The minimum atomic E-state index is -4.46. The number of hydrogen-bond acceptors (Lipinski definition) is 6. The summed E-state index contributed by atoms with van der Waals surface area (Å²) in [4.78, 5) is 34.6. The molecule has 3 heterocycles. The lowest BCUT2D eigenvalue weighted by atomic mass is 9.98. The van der Waals surface area contributed by atoms with Crippen LogP contribution in [0, 0.1) is 5.41 Å². The molecule has 1 aromatic carbocycles. The number of fused-ring (bicyclic) bond motifs is 1. The van der Waals surface area contributed by atoms with Crippen LogP contribution in [-0.2, 0) is 35.5 Å². The molecule has 38 heavy (non-hydrogen) atoms. The van der Waals surface area contributed by atoms with E-state index in [1.54, 1.807) is 33.0 Å². The molecule has 9 nitrogen and oxygen atoms in total. The van der Waals surface area contributed by atoms with E-state index in [2.05, 4.69) is 15.1 Å². The summed E-state index contributed by atoms with van der Waals surface area (Å²) >= 11 is 6.24. The molecule has 0 aliphatic rings. The average Bonchev–Trinajstić information content (AvgIpc) is 3.43. The number of esters is 1. The number of hydrogen-bond donors (Lipinski definition) is 0. The topological polar surface area (TPSA) is 96.8 Å². The maximum Gasteiger partial charge on any atom is 0.416 e. The Balaban J connectivity index is 1.76. The fourth-order valence-electron chi connectivity index (χ4n) is 3.79. The van der Waals surface area contributed by atoms with Crippen molar-refractivity contribution in [1.29, 1.82) is 0 Å². The van der Waals surface area contributed by atoms with Crippen LogP contribution >= 0.6 is 11.6 Å². The van der Waals surface area contributed by atoms with Crippen molar-refractivity contribution in [1.82, 2.24) is 28.9 Å². The van der Waals surface area contributed by atoms with Gasteiger partial charge < -0.3 is 4.74 Å². The predicted octanol–water partition coefficient (Wildman–Crippen LogP) is 5.13. The lowest BCUT2D eigenvalue weighted by molar-refractivity contribution is -0.156. The normalized spacial score (nSPS) is 12.3. The quantitative estimate of drug-likeness (QED) is 0.234. The second-order valence-corrected chi connectivity index (χ2v) is 10.1. The average molecular weight is 551 g/mol. The Morgan fingerprint density at radius 1 is 1.13 bits per heavy atom. The van der Waals surface area contributed by atoms with Crippen LogP contribution in [0.25, 0.3) is 22.6 Å². The third-order valence-corrected chi connectivity index (χ3v) is 5.98. The molecule has 0 radical (unpaired) electrons. The van der Waals surface area contributed by atoms with E-state index in [9.17, 15) is 22.8 Å². The Morgan fingerprint density at radius 2 is 1.87 bits per heavy atom. The van der Waals surface area contributed by atoms with Crippen LogP contribution in [0.4, 0.5) is 13.2 Å². The van der Waals surface area contributed by atoms with Crippen LogP contribution in [0.2, 0.25) is 5.28 Å². The fourth-order valence-corrected chi connectivity index (χ4v) is 4.03. The molecule has 0 saturated heterocycles. The zero-order chi connectivity index (χ0) is 27.8. The second-order valence-electron chi connectivity index (χ2n) is 9.81. The van der Waals surface area contributed by atoms with Crippen LogP contribution in [0.15, 0.2) is 41.5 Å². The summed E-state index contributed by atoms with van der Waals surface area (Å²) < 4.78 is 49.0. The molecule has 0 bridgehead atoms. The molecule has 0 aliphatic heterocycles. The molecule has 13 heteroatoms. The molecule has 0 amide bonds. The largest absolute Gasteiger partial charge is 0.443 e. The highest BCUT2D eigenvalue weighted by atomic mass is 35.5. The van der Waals surface area contributed by atoms with Gasteiger partial charge in [0, 0.05) is 12.7 Å². The van der Waals surface area contributed by atoms with Gasteiger partial charge in [-0.2, -0.15) is 23.3 Å². The van der Waals surface area contributed by atoms with E-state index >= 15 is 0 Å². The first kappa shape index (κ1) is 27.4. The molecule has 4 rings (SSSR count). The zero-order valence-electron chi connectivity index (χ0n) is 21.2. The Labute approximate surface area is 220 Å². The molecular formula is C25H26ClF3N6O3. The highest BCUT2D eigenvalue weighted by molar-refractivity contribution is 6.28. The molecule has 0 saturated carbocycles. The lowest BCUT2D eigenvalue weighted by Crippen LogP contribution is -2.27. The van der Waals surface area contributed by atoms with Gasteiger partial charge in [0.15, 0.2) is 17.9 Å². The summed E-state index contributed by atoms with van der Waals surface area (Å²) in [6.45, 7) is 7.08. The van der Waals surface area contributed by atoms with Gasteiger partial charge in [-0.05, 0) is 56.5 Å². The van der Waals surface area contributed by atoms with Gasteiger partial charge in [-0.3, -0.25) is 23.4 Å². The standard InChI is InChI=1S/C25H26ClF3N6O3/c1-5-9-34-21(36)18-19(32-23(34)26)31-20(35(18)14-38-22(37)24(2,3)4)16-11-30-33(13-16)12-15-7-6-8-17(10-15)25(27,28)29/h6-8,10-11,13H,5,9,12,14H2,1-4H3. The number of rotatable bonds is 7. The first-order chi connectivity index (χ1) is 17.8. The minimum Gasteiger partial charge on any atom is -0.443 e. The van der Waals surface area contributed by atoms with Gasteiger partial charge in [0.1, 0.15) is 5.82 Å². The predicted molar refractivity (Wildman–Crippen MR) is 134 cm³/mol. The smallest absolute Gasteiger partial charge is 0.416 e. The van der Waals surface area contributed by atoms with E-state index in [0.29, 0.717) is 24.1 Å². The third-order valence-electron chi connectivity index (χ3n) is 5.69. The van der Waals surface area contributed by atoms with Crippen molar-refractivity contribution in [3.05, 3.63) is 63.4 Å². The van der Waals surface area contributed by atoms with Crippen LogP contribution in [0.1, 0.15) is 45.2 Å². The van der Waals surface area contributed by atoms with E-state index < -0.39 is 28.7 Å². The number of halogens is 4. The second kappa shape index (κ2) is 10.2. The third kappa shape index (κ3) is 5.59. The Morgan fingerprint density at radius 3 is 2.53 bits per heavy atom. The van der Waals surface area contributed by atoms with E-state index in [0.717, 1.165) is 12.1 Å². The molecule has 0 spiro atoms. The summed E-state index contributed by atoms with van der Waals surface area (Å²) in [5.41, 5.74) is -0.960. The molecule has 4 aromatic rings. The molecular weight excluding hydrogens is 525 g/mol. The minimum absolute atomic E-state index is 0.0209. The molecule has 0 unspecified atom stereocenters. The van der Waals surface area contributed by atoms with Gasteiger partial charge in [0.2, 0.25) is 5.28 Å². The summed E-state index contributed by atoms with van der Waals surface area (Å²) in [6.07, 6.45) is -0.784. The van der Waals surface area contributed by atoms with Crippen molar-refractivity contribution >= 4 is 28.7 Å². The number of carbonyl (C=O) groups is 1. The molecule has 0 aliphatic carbocycles. The molecule has 3 aromatic heterocycles. The number of alkyl halides is 3. The van der Waals surface area contributed by atoms with Crippen LogP contribution in [-0.4, -0.2) is 34.9 Å². The molecule has 0 N–H and O–H groups in total. The summed E-state index contributed by atoms with van der Waals surface area (Å²) in [5.74, 6) is -0.242. The summed E-state index contributed by atoms with van der Waals surface area (Å²) in [7, 11) is 0. The fraction of sp³-hybridized carbons (Fsp3) is 0.400. The van der Waals surface area contributed by atoms with Gasteiger partial charge >= 0.3 is 12.1 Å². The number of nitrogens with zero attached hydrogens (tertiary/aromatic N) is 6. The Bertz CT molecular complexity index is 1550. The Hall–Kier alpha value is -3.67. The van der Waals surface area contributed by atoms with Gasteiger partial charge in [0.25, 0.3) is 5.56 Å².